The van der Waals surface area contributed by atoms with E-state index in [9.17, 15) is 0 Å². The molecule has 0 saturated heterocycles. The van der Waals surface area contributed by atoms with Crippen molar-refractivity contribution in [1.29, 1.82) is 0 Å². The Kier molecular flexibility index (Phi) is 4.82. The number of pyridine rings is 1. The molecule has 0 saturated carbocycles. The van der Waals surface area contributed by atoms with Crippen molar-refractivity contribution in [2.75, 3.05) is 7.11 Å². The fourth-order valence-electron chi connectivity index (χ4n) is 3.63. The van der Waals surface area contributed by atoms with Crippen LogP contribution in [0.1, 0.15) is 25.5 Å². The molecule has 27 heavy (non-hydrogen) atoms. The van der Waals surface area contributed by atoms with Crippen LogP contribution >= 0.6 is 0 Å². The van der Waals surface area contributed by atoms with Crippen LogP contribution in [-0.4, -0.2) is 23.1 Å². The van der Waals surface area contributed by atoms with E-state index in [-0.39, 0.29) is 6.04 Å². The number of hydrogen-bond donors (Lipinski definition) is 2. The van der Waals surface area contributed by atoms with Crippen molar-refractivity contribution < 1.29 is 4.74 Å². The highest BCUT2D eigenvalue weighted by Crippen LogP contribution is 2.30. The molecule has 4 aromatic rings. The Morgan fingerprint density at radius 1 is 1.00 bits per heavy atom. The van der Waals surface area contributed by atoms with Gasteiger partial charge in [-0.1, -0.05) is 31.5 Å². The number of aromatic nitrogens is 2. The zero-order valence-corrected chi connectivity index (χ0v) is 15.8. The van der Waals surface area contributed by atoms with Crippen LogP contribution < -0.4 is 10.5 Å². The average molecular weight is 359 g/mol. The molecular formula is C23H25N3O. The summed E-state index contributed by atoms with van der Waals surface area (Å²) in [6.07, 6.45) is 2.94. The summed E-state index contributed by atoms with van der Waals surface area (Å²) < 4.78 is 5.25. The van der Waals surface area contributed by atoms with Gasteiger partial charge in [-0.05, 0) is 53.9 Å². The van der Waals surface area contributed by atoms with E-state index < -0.39 is 0 Å². The number of nitrogens with zero attached hydrogens (tertiary/aromatic N) is 1. The van der Waals surface area contributed by atoms with Crippen LogP contribution in [0.2, 0.25) is 0 Å². The lowest BCUT2D eigenvalue weighted by molar-refractivity contribution is 0.415. The van der Waals surface area contributed by atoms with Crippen LogP contribution in [-0.2, 0) is 6.42 Å². The molecule has 1 atom stereocenters. The van der Waals surface area contributed by atoms with Crippen LogP contribution in [0.15, 0.2) is 54.6 Å². The minimum atomic E-state index is 0.172. The normalized spacial score (nSPS) is 12.6. The molecule has 4 heteroatoms. The van der Waals surface area contributed by atoms with E-state index in [0.29, 0.717) is 0 Å². The lowest BCUT2D eigenvalue weighted by Crippen LogP contribution is -2.22. The Morgan fingerprint density at radius 3 is 2.52 bits per heavy atom. The number of nitrogens with one attached hydrogen (secondary N) is 1. The molecule has 0 fully saturated rings. The minimum Gasteiger partial charge on any atom is -0.497 e. The molecule has 138 valence electrons. The number of methoxy groups -OCH3 is 1. The number of benzene rings is 2. The second-order valence-corrected chi connectivity index (χ2v) is 7.07. The van der Waals surface area contributed by atoms with Gasteiger partial charge in [0.15, 0.2) is 0 Å². The van der Waals surface area contributed by atoms with Crippen molar-refractivity contribution >= 4 is 21.9 Å². The number of H-pyrrole nitrogens is 1. The fraction of sp³-hybridized carbons (Fsp3) is 0.261. The molecule has 2 aromatic carbocycles. The van der Waals surface area contributed by atoms with E-state index in [1.54, 1.807) is 7.11 Å². The monoisotopic (exact) mass is 359 g/mol. The molecule has 2 heterocycles. The van der Waals surface area contributed by atoms with Gasteiger partial charge >= 0.3 is 0 Å². The van der Waals surface area contributed by atoms with Crippen molar-refractivity contribution in [3.63, 3.8) is 0 Å². The number of aromatic amines is 1. The van der Waals surface area contributed by atoms with Gasteiger partial charge in [-0.2, -0.15) is 0 Å². The van der Waals surface area contributed by atoms with Crippen LogP contribution in [0, 0.1) is 0 Å². The van der Waals surface area contributed by atoms with Crippen molar-refractivity contribution in [2.24, 2.45) is 5.73 Å². The molecule has 0 radical (unpaired) electrons. The van der Waals surface area contributed by atoms with Gasteiger partial charge < -0.3 is 15.5 Å². The maximum absolute atomic E-state index is 6.18. The molecular weight excluding hydrogens is 334 g/mol. The highest BCUT2D eigenvalue weighted by molar-refractivity contribution is 6.07. The van der Waals surface area contributed by atoms with Gasteiger partial charge in [0.25, 0.3) is 0 Å². The summed E-state index contributed by atoms with van der Waals surface area (Å²) >= 11 is 0. The topological polar surface area (TPSA) is 63.9 Å². The second-order valence-electron chi connectivity index (χ2n) is 7.07. The molecule has 0 aliphatic rings. The first-order chi connectivity index (χ1) is 13.2. The van der Waals surface area contributed by atoms with Crippen molar-refractivity contribution in [3.05, 3.63) is 60.3 Å². The van der Waals surface area contributed by atoms with E-state index in [4.69, 9.17) is 15.5 Å². The molecule has 2 aromatic heterocycles. The first-order valence-corrected chi connectivity index (χ1v) is 9.49. The summed E-state index contributed by atoms with van der Waals surface area (Å²) in [5, 5.41) is 2.34. The van der Waals surface area contributed by atoms with Crippen molar-refractivity contribution in [3.8, 4) is 16.9 Å². The molecule has 0 amide bonds. The van der Waals surface area contributed by atoms with Crippen LogP contribution in [0.25, 0.3) is 33.1 Å². The average Bonchev–Trinajstić information content (AvgIpc) is 3.05. The Morgan fingerprint density at radius 2 is 1.78 bits per heavy atom. The maximum Gasteiger partial charge on any atom is 0.138 e. The number of hydrogen-bond acceptors (Lipinski definition) is 3. The zero-order valence-electron chi connectivity index (χ0n) is 15.8. The Hall–Kier alpha value is -2.85. The van der Waals surface area contributed by atoms with Gasteiger partial charge in [0.2, 0.25) is 0 Å². The Bertz CT molecular complexity index is 1070. The van der Waals surface area contributed by atoms with Crippen LogP contribution in [0.4, 0.5) is 0 Å². The van der Waals surface area contributed by atoms with E-state index in [1.807, 2.05) is 12.1 Å². The highest BCUT2D eigenvalue weighted by Gasteiger charge is 2.10. The molecule has 4 nitrogen and oxygen atoms in total. The van der Waals surface area contributed by atoms with Gasteiger partial charge in [-0.25, -0.2) is 4.98 Å². The van der Waals surface area contributed by atoms with Gasteiger partial charge in [0.05, 0.1) is 7.11 Å². The maximum atomic E-state index is 6.18. The van der Waals surface area contributed by atoms with Gasteiger partial charge in [-0.15, -0.1) is 0 Å². The summed E-state index contributed by atoms with van der Waals surface area (Å²) in [5.41, 5.74) is 11.6. The molecule has 0 spiro atoms. The van der Waals surface area contributed by atoms with Crippen molar-refractivity contribution in [2.45, 2.75) is 32.2 Å². The molecule has 1 unspecified atom stereocenters. The zero-order chi connectivity index (χ0) is 18.8. The first-order valence-electron chi connectivity index (χ1n) is 9.49. The van der Waals surface area contributed by atoms with Crippen LogP contribution in [0.5, 0.6) is 5.75 Å². The molecule has 4 rings (SSSR count). The smallest absolute Gasteiger partial charge is 0.138 e. The molecule has 0 aliphatic heterocycles. The van der Waals surface area contributed by atoms with Crippen molar-refractivity contribution in [1.82, 2.24) is 9.97 Å². The lowest BCUT2D eigenvalue weighted by atomic mass is 10.0. The quantitative estimate of drug-likeness (QED) is 0.506. The summed E-state index contributed by atoms with van der Waals surface area (Å²) in [7, 11) is 1.68. The molecule has 0 aliphatic carbocycles. The largest absolute Gasteiger partial charge is 0.497 e. The number of ether oxygens (including phenoxy) is 1. The predicted octanol–water partition coefficient (Wildman–Crippen LogP) is 5.06. The summed E-state index contributed by atoms with van der Waals surface area (Å²) in [6.45, 7) is 2.16. The SMILES string of the molecule is CCCC(N)Cc1ccc2c(n1)[nH]c1ccc(-c3ccc(OC)cc3)cc12. The summed E-state index contributed by atoms with van der Waals surface area (Å²) in [4.78, 5) is 8.26. The van der Waals surface area contributed by atoms with Gasteiger partial charge in [0, 0.05) is 34.4 Å². The Balaban J connectivity index is 1.71. The van der Waals surface area contributed by atoms with E-state index in [0.717, 1.165) is 47.3 Å². The van der Waals surface area contributed by atoms with Crippen LogP contribution in [0.3, 0.4) is 0 Å². The fourth-order valence-corrected chi connectivity index (χ4v) is 3.63. The minimum absolute atomic E-state index is 0.172. The van der Waals surface area contributed by atoms with E-state index in [2.05, 4.69) is 54.4 Å². The predicted molar refractivity (Wildman–Crippen MR) is 112 cm³/mol. The molecule has 0 bridgehead atoms. The third-order valence-electron chi connectivity index (χ3n) is 5.07. The second kappa shape index (κ2) is 7.41. The summed E-state index contributed by atoms with van der Waals surface area (Å²) in [6, 6.07) is 19.1. The van der Waals surface area contributed by atoms with E-state index >= 15 is 0 Å². The third kappa shape index (κ3) is 3.53. The van der Waals surface area contributed by atoms with E-state index in [1.165, 1.54) is 16.5 Å². The first kappa shape index (κ1) is 17.6. The Labute approximate surface area is 159 Å². The standard InChI is InChI=1S/C23H25N3O/c1-3-4-17(24)14-18-8-11-20-21-13-16(7-12-22(21)26-23(20)25-18)15-5-9-19(27-2)10-6-15/h5-13,17H,3-4,14,24H2,1-2H3,(H,25,26). The number of rotatable bonds is 6. The summed E-state index contributed by atoms with van der Waals surface area (Å²) in [5.74, 6) is 0.866. The number of fused-ring (bicyclic) bond motifs is 3. The third-order valence-corrected chi connectivity index (χ3v) is 5.07. The molecule has 3 N–H and O–H groups in total. The van der Waals surface area contributed by atoms with Gasteiger partial charge in [-0.3, -0.25) is 0 Å². The van der Waals surface area contributed by atoms with Gasteiger partial charge in [0.1, 0.15) is 11.4 Å². The number of nitrogens with two attached hydrogens (primary N) is 1. The highest BCUT2D eigenvalue weighted by atomic mass is 16.5. The lowest BCUT2D eigenvalue weighted by Gasteiger charge is -2.09.